The van der Waals surface area contributed by atoms with Crippen LogP contribution in [-0.2, 0) is 10.9 Å². The van der Waals surface area contributed by atoms with E-state index >= 15 is 0 Å². The smallest absolute Gasteiger partial charge is 0.340 e. The van der Waals surface area contributed by atoms with Gasteiger partial charge in [0, 0.05) is 10.9 Å². The van der Waals surface area contributed by atoms with Gasteiger partial charge in [-0.15, -0.1) is 0 Å². The SMILES string of the molecule is CCCC[S+](C)c1ccccc1C(=O)O. The van der Waals surface area contributed by atoms with Gasteiger partial charge in [0.1, 0.15) is 17.6 Å². The minimum atomic E-state index is -0.818. The van der Waals surface area contributed by atoms with Crippen molar-refractivity contribution in [3.8, 4) is 0 Å². The first-order valence-electron chi connectivity index (χ1n) is 5.11. The summed E-state index contributed by atoms with van der Waals surface area (Å²) in [5, 5.41) is 9.04. The highest BCUT2D eigenvalue weighted by molar-refractivity contribution is 7.96. The van der Waals surface area contributed by atoms with Crippen molar-refractivity contribution in [3.63, 3.8) is 0 Å². The van der Waals surface area contributed by atoms with Crippen molar-refractivity contribution in [1.82, 2.24) is 0 Å². The van der Waals surface area contributed by atoms with Crippen molar-refractivity contribution in [2.75, 3.05) is 12.0 Å². The maximum Gasteiger partial charge on any atom is 0.340 e. The van der Waals surface area contributed by atoms with Crippen LogP contribution >= 0.6 is 0 Å². The Labute approximate surface area is 93.7 Å². The first-order valence-corrected chi connectivity index (χ1v) is 6.92. The van der Waals surface area contributed by atoms with E-state index in [-0.39, 0.29) is 10.9 Å². The van der Waals surface area contributed by atoms with Gasteiger partial charge >= 0.3 is 5.97 Å². The summed E-state index contributed by atoms with van der Waals surface area (Å²) in [5.41, 5.74) is 0.458. The average molecular weight is 225 g/mol. The van der Waals surface area contributed by atoms with Crippen molar-refractivity contribution in [2.45, 2.75) is 24.7 Å². The highest BCUT2D eigenvalue weighted by Gasteiger charge is 2.22. The molecule has 0 saturated carbocycles. The van der Waals surface area contributed by atoms with E-state index in [1.165, 1.54) is 0 Å². The summed E-state index contributed by atoms with van der Waals surface area (Å²) in [4.78, 5) is 12.0. The third-order valence-corrected chi connectivity index (χ3v) is 4.30. The third-order valence-electron chi connectivity index (χ3n) is 2.30. The van der Waals surface area contributed by atoms with Crippen LogP contribution < -0.4 is 0 Å². The second-order valence-corrected chi connectivity index (χ2v) is 5.62. The Kier molecular flexibility index (Phi) is 4.69. The number of carboxylic acids is 1. The van der Waals surface area contributed by atoms with Gasteiger partial charge in [0.05, 0.1) is 0 Å². The average Bonchev–Trinajstić information content (AvgIpc) is 2.25. The molecular weight excluding hydrogens is 208 g/mol. The maximum atomic E-state index is 11.0. The summed E-state index contributed by atoms with van der Waals surface area (Å²) in [6, 6.07) is 7.32. The number of hydrogen-bond donors (Lipinski definition) is 1. The van der Waals surface area contributed by atoms with Gasteiger partial charge in [-0.2, -0.15) is 0 Å². The van der Waals surface area contributed by atoms with E-state index in [1.807, 2.05) is 12.1 Å². The van der Waals surface area contributed by atoms with Crippen LogP contribution in [0, 0.1) is 0 Å². The van der Waals surface area contributed by atoms with E-state index in [0.717, 1.165) is 23.5 Å². The number of rotatable bonds is 5. The molecule has 0 spiro atoms. The fourth-order valence-electron chi connectivity index (χ4n) is 1.42. The minimum Gasteiger partial charge on any atom is -0.478 e. The predicted octanol–water partition coefficient (Wildman–Crippen LogP) is 2.79. The Hall–Kier alpha value is -0.960. The van der Waals surface area contributed by atoms with Crippen LogP contribution in [0.4, 0.5) is 0 Å². The fraction of sp³-hybridized carbons (Fsp3) is 0.417. The van der Waals surface area contributed by atoms with Crippen molar-refractivity contribution in [1.29, 1.82) is 0 Å². The first kappa shape index (κ1) is 12.1. The van der Waals surface area contributed by atoms with E-state index in [0.29, 0.717) is 5.56 Å². The Morgan fingerprint density at radius 1 is 1.40 bits per heavy atom. The van der Waals surface area contributed by atoms with Gasteiger partial charge in [0.25, 0.3) is 0 Å². The Morgan fingerprint density at radius 2 is 2.07 bits per heavy atom. The molecule has 0 aliphatic rings. The zero-order valence-corrected chi connectivity index (χ0v) is 10.0. The lowest BCUT2D eigenvalue weighted by atomic mass is 10.2. The molecule has 0 heterocycles. The molecule has 0 aromatic heterocycles. The van der Waals surface area contributed by atoms with Gasteiger partial charge < -0.3 is 5.11 Å². The van der Waals surface area contributed by atoms with Crippen molar-refractivity contribution in [3.05, 3.63) is 29.8 Å². The summed E-state index contributed by atoms with van der Waals surface area (Å²) in [6.07, 6.45) is 4.44. The summed E-state index contributed by atoms with van der Waals surface area (Å²) in [5.74, 6) is 0.266. The van der Waals surface area contributed by atoms with E-state index in [4.69, 9.17) is 5.11 Å². The molecule has 1 aromatic carbocycles. The van der Waals surface area contributed by atoms with Crippen molar-refractivity contribution in [2.24, 2.45) is 0 Å². The molecule has 1 unspecified atom stereocenters. The number of unbranched alkanes of at least 4 members (excludes halogenated alkanes) is 1. The molecule has 1 N–H and O–H groups in total. The van der Waals surface area contributed by atoms with Gasteiger partial charge in [-0.05, 0) is 18.6 Å². The summed E-state index contributed by atoms with van der Waals surface area (Å²) < 4.78 is 0. The summed E-state index contributed by atoms with van der Waals surface area (Å²) in [7, 11) is 0.0537. The molecule has 3 heteroatoms. The molecular formula is C12H17O2S+. The largest absolute Gasteiger partial charge is 0.478 e. The topological polar surface area (TPSA) is 37.3 Å². The fourth-order valence-corrected chi connectivity index (χ4v) is 3.20. The van der Waals surface area contributed by atoms with Gasteiger partial charge in [0.15, 0.2) is 4.90 Å². The molecule has 1 rings (SSSR count). The summed E-state index contributed by atoms with van der Waals surface area (Å²) >= 11 is 0. The zero-order chi connectivity index (χ0) is 11.3. The monoisotopic (exact) mass is 225 g/mol. The zero-order valence-electron chi connectivity index (χ0n) is 9.19. The number of carbonyl (C=O) groups is 1. The van der Waals surface area contributed by atoms with Gasteiger partial charge in [-0.1, -0.05) is 25.5 Å². The Morgan fingerprint density at radius 3 is 2.67 bits per heavy atom. The van der Waals surface area contributed by atoms with Crippen LogP contribution in [-0.4, -0.2) is 23.1 Å². The van der Waals surface area contributed by atoms with E-state index in [1.54, 1.807) is 12.1 Å². The molecule has 0 aliphatic heterocycles. The number of carboxylic acid groups (broad SMARTS) is 1. The molecule has 15 heavy (non-hydrogen) atoms. The summed E-state index contributed by atoms with van der Waals surface area (Å²) in [6.45, 7) is 2.15. The Balaban J connectivity index is 2.87. The maximum absolute atomic E-state index is 11.0. The molecule has 0 radical (unpaired) electrons. The van der Waals surface area contributed by atoms with E-state index in [9.17, 15) is 4.79 Å². The molecule has 82 valence electrons. The second-order valence-electron chi connectivity index (χ2n) is 3.50. The second kappa shape index (κ2) is 5.81. The molecule has 0 amide bonds. The van der Waals surface area contributed by atoms with Crippen LogP contribution in [0.5, 0.6) is 0 Å². The van der Waals surface area contributed by atoms with Crippen LogP contribution in [0.1, 0.15) is 30.1 Å². The molecule has 1 aromatic rings. The molecule has 0 saturated heterocycles. The van der Waals surface area contributed by atoms with Crippen LogP contribution in [0.2, 0.25) is 0 Å². The van der Waals surface area contributed by atoms with Crippen LogP contribution in [0.25, 0.3) is 0 Å². The van der Waals surface area contributed by atoms with Crippen molar-refractivity contribution < 1.29 is 9.90 Å². The third kappa shape index (κ3) is 3.27. The molecule has 2 nitrogen and oxygen atoms in total. The minimum absolute atomic E-state index is 0.0537. The molecule has 1 atom stereocenters. The molecule has 0 aliphatic carbocycles. The number of benzene rings is 1. The van der Waals surface area contributed by atoms with E-state index in [2.05, 4.69) is 13.2 Å². The van der Waals surface area contributed by atoms with Crippen LogP contribution in [0.3, 0.4) is 0 Å². The standard InChI is InChI=1S/C12H16O2S/c1-3-4-9-15(2)11-8-6-5-7-10(11)12(13)14/h5-8H,3-4,9H2,1-2H3/p+1. The first-order chi connectivity index (χ1) is 7.16. The number of aromatic carboxylic acids is 1. The highest BCUT2D eigenvalue weighted by atomic mass is 32.2. The lowest BCUT2D eigenvalue weighted by molar-refractivity contribution is 0.0693. The molecule has 0 bridgehead atoms. The van der Waals surface area contributed by atoms with Crippen LogP contribution in [0.15, 0.2) is 29.2 Å². The Bertz CT molecular complexity index is 336. The normalized spacial score (nSPS) is 12.4. The predicted molar refractivity (Wildman–Crippen MR) is 64.7 cm³/mol. The van der Waals surface area contributed by atoms with Gasteiger partial charge in [-0.25, -0.2) is 4.79 Å². The van der Waals surface area contributed by atoms with E-state index < -0.39 is 5.97 Å². The van der Waals surface area contributed by atoms with Gasteiger partial charge in [0.2, 0.25) is 0 Å². The lowest BCUT2D eigenvalue weighted by Gasteiger charge is -2.05. The molecule has 0 fully saturated rings. The highest BCUT2D eigenvalue weighted by Crippen LogP contribution is 2.18. The number of hydrogen-bond acceptors (Lipinski definition) is 1. The quantitative estimate of drug-likeness (QED) is 0.782. The van der Waals surface area contributed by atoms with Crippen molar-refractivity contribution >= 4 is 16.9 Å². The van der Waals surface area contributed by atoms with Gasteiger partial charge in [-0.3, -0.25) is 0 Å². The lowest BCUT2D eigenvalue weighted by Crippen LogP contribution is -2.11.